The Hall–Kier alpha value is -0.570. The molecule has 0 saturated carbocycles. The van der Waals surface area contributed by atoms with Crippen LogP contribution >= 0.6 is 0 Å². The largest absolute Gasteiger partial charge is 0.464 e. The fourth-order valence-corrected chi connectivity index (χ4v) is 2.10. The molecule has 1 fully saturated rings. The third kappa shape index (κ3) is 9.16. The maximum Gasteiger partial charge on any atom is 0.332 e. The maximum atomic E-state index is 11.2. The molecule has 0 aromatic carbocycles. The lowest BCUT2D eigenvalue weighted by atomic mass is 10.1. The summed E-state index contributed by atoms with van der Waals surface area (Å²) in [5.74, 6) is -0.211. The number of carbonyl (C=O) groups is 1. The van der Waals surface area contributed by atoms with Crippen LogP contribution in [0.1, 0.15) is 64.2 Å². The minimum absolute atomic E-state index is 0.125. The van der Waals surface area contributed by atoms with Crippen LogP contribution in [-0.4, -0.2) is 25.8 Å². The minimum atomic E-state index is -0.211. The third-order valence-corrected chi connectivity index (χ3v) is 3.17. The zero-order valence-electron chi connectivity index (χ0n) is 10.9. The van der Waals surface area contributed by atoms with E-state index in [1.54, 1.807) is 0 Å². The van der Waals surface area contributed by atoms with Gasteiger partial charge in [0.2, 0.25) is 0 Å². The molecule has 0 aliphatic carbocycles. The van der Waals surface area contributed by atoms with Gasteiger partial charge in [-0.05, 0) is 12.8 Å². The smallest absolute Gasteiger partial charge is 0.332 e. The molecule has 1 heterocycles. The number of hydrogen-bond acceptors (Lipinski definition) is 3. The Balaban J connectivity index is 2.11. The molecule has 0 aromatic heterocycles. The zero-order valence-corrected chi connectivity index (χ0v) is 10.9. The highest BCUT2D eigenvalue weighted by molar-refractivity contribution is 5.70. The van der Waals surface area contributed by atoms with E-state index in [4.69, 9.17) is 9.47 Å². The van der Waals surface area contributed by atoms with Crippen molar-refractivity contribution in [3.63, 3.8) is 0 Å². The molecule has 0 radical (unpaired) electrons. The number of rotatable bonds is 0. The van der Waals surface area contributed by atoms with Gasteiger partial charge < -0.3 is 9.47 Å². The molecule has 1 rings (SSSR count). The van der Waals surface area contributed by atoms with Gasteiger partial charge in [0.25, 0.3) is 0 Å². The molecule has 3 nitrogen and oxygen atoms in total. The van der Waals surface area contributed by atoms with E-state index in [-0.39, 0.29) is 12.6 Å². The predicted molar refractivity (Wildman–Crippen MR) is 67.9 cm³/mol. The Morgan fingerprint density at radius 1 is 0.647 bits per heavy atom. The van der Waals surface area contributed by atoms with E-state index in [1.165, 1.54) is 51.4 Å². The fraction of sp³-hybridized carbons (Fsp3) is 0.929. The number of carbonyl (C=O) groups excluding carboxylic acids is 1. The lowest BCUT2D eigenvalue weighted by Gasteiger charge is -2.07. The summed E-state index contributed by atoms with van der Waals surface area (Å²) in [4.78, 5) is 11.2. The highest BCUT2D eigenvalue weighted by atomic mass is 16.6. The quantitative estimate of drug-likeness (QED) is 0.610. The monoisotopic (exact) mass is 242 g/mol. The maximum absolute atomic E-state index is 11.2. The molecule has 0 N–H and O–H groups in total. The van der Waals surface area contributed by atoms with Crippen LogP contribution in [0.5, 0.6) is 0 Å². The van der Waals surface area contributed by atoms with Crippen LogP contribution in [0.15, 0.2) is 0 Å². The average molecular weight is 242 g/mol. The van der Waals surface area contributed by atoms with Crippen molar-refractivity contribution >= 4 is 5.97 Å². The van der Waals surface area contributed by atoms with Crippen molar-refractivity contribution in [3.8, 4) is 0 Å². The Morgan fingerprint density at radius 2 is 1.12 bits per heavy atom. The second kappa shape index (κ2) is 10.6. The van der Waals surface area contributed by atoms with Crippen LogP contribution < -0.4 is 0 Å². The first-order chi connectivity index (χ1) is 8.39. The molecule has 0 atom stereocenters. The van der Waals surface area contributed by atoms with Gasteiger partial charge in [-0.25, -0.2) is 4.79 Å². The molecule has 0 unspecified atom stereocenters. The van der Waals surface area contributed by atoms with Crippen LogP contribution in [-0.2, 0) is 14.3 Å². The van der Waals surface area contributed by atoms with Gasteiger partial charge in [-0.2, -0.15) is 0 Å². The van der Waals surface area contributed by atoms with E-state index in [2.05, 4.69) is 0 Å². The molecule has 3 heteroatoms. The molecule has 1 aliphatic heterocycles. The fourth-order valence-electron chi connectivity index (χ4n) is 2.10. The highest BCUT2D eigenvalue weighted by Crippen LogP contribution is 2.11. The van der Waals surface area contributed by atoms with Gasteiger partial charge in [0, 0.05) is 6.61 Å². The predicted octanol–water partition coefficient (Wildman–Crippen LogP) is 3.46. The Labute approximate surface area is 105 Å². The lowest BCUT2D eigenvalue weighted by molar-refractivity contribution is -0.149. The summed E-state index contributed by atoms with van der Waals surface area (Å²) in [5.41, 5.74) is 0. The van der Waals surface area contributed by atoms with Crippen LogP contribution in [0.25, 0.3) is 0 Å². The van der Waals surface area contributed by atoms with E-state index >= 15 is 0 Å². The van der Waals surface area contributed by atoms with Crippen molar-refractivity contribution in [1.29, 1.82) is 0 Å². The van der Waals surface area contributed by atoms with Crippen LogP contribution in [0.4, 0.5) is 0 Å². The van der Waals surface area contributed by atoms with Gasteiger partial charge in [0.15, 0.2) is 0 Å². The molecule has 0 bridgehead atoms. The summed E-state index contributed by atoms with van der Waals surface area (Å²) in [5, 5.41) is 0. The SMILES string of the molecule is O=C1COCCCCCCCCCCCCO1. The molecule has 0 amide bonds. The summed E-state index contributed by atoms with van der Waals surface area (Å²) in [6, 6.07) is 0. The molecule has 0 spiro atoms. The van der Waals surface area contributed by atoms with Crippen molar-refractivity contribution in [2.45, 2.75) is 64.2 Å². The first-order valence-electron chi connectivity index (χ1n) is 7.13. The van der Waals surface area contributed by atoms with Crippen LogP contribution in [0.3, 0.4) is 0 Å². The number of hydrogen-bond donors (Lipinski definition) is 0. The van der Waals surface area contributed by atoms with Crippen molar-refractivity contribution in [1.82, 2.24) is 0 Å². The summed E-state index contributed by atoms with van der Waals surface area (Å²) in [6.45, 7) is 1.37. The zero-order chi connectivity index (χ0) is 12.2. The average Bonchev–Trinajstić information content (AvgIpc) is 2.32. The topological polar surface area (TPSA) is 35.5 Å². The van der Waals surface area contributed by atoms with Gasteiger partial charge >= 0.3 is 5.97 Å². The molecule has 100 valence electrons. The van der Waals surface area contributed by atoms with E-state index in [0.717, 1.165) is 12.8 Å². The van der Waals surface area contributed by atoms with Gasteiger partial charge in [-0.1, -0.05) is 51.4 Å². The van der Waals surface area contributed by atoms with Crippen molar-refractivity contribution in [2.24, 2.45) is 0 Å². The standard InChI is InChI=1S/C14H26O3/c15-14-13-16-11-9-7-5-3-1-2-4-6-8-10-12-17-14/h1-13H2. The van der Waals surface area contributed by atoms with E-state index in [1.807, 2.05) is 0 Å². The Kier molecular flexibility index (Phi) is 9.01. The summed E-state index contributed by atoms with van der Waals surface area (Å²) >= 11 is 0. The third-order valence-electron chi connectivity index (χ3n) is 3.17. The number of cyclic esters (lactones) is 1. The summed E-state index contributed by atoms with van der Waals surface area (Å²) in [7, 11) is 0. The number of esters is 1. The lowest BCUT2D eigenvalue weighted by Crippen LogP contribution is -2.14. The van der Waals surface area contributed by atoms with Gasteiger partial charge in [-0.3, -0.25) is 0 Å². The second-order valence-corrected chi connectivity index (χ2v) is 4.81. The van der Waals surface area contributed by atoms with Crippen molar-refractivity contribution in [3.05, 3.63) is 0 Å². The first-order valence-corrected chi connectivity index (χ1v) is 7.13. The van der Waals surface area contributed by atoms with Crippen LogP contribution in [0, 0.1) is 0 Å². The van der Waals surface area contributed by atoms with E-state index in [0.29, 0.717) is 13.2 Å². The molecular weight excluding hydrogens is 216 g/mol. The van der Waals surface area contributed by atoms with Gasteiger partial charge in [0.1, 0.15) is 6.61 Å². The molecule has 0 aromatic rings. The number of ether oxygens (including phenoxy) is 2. The minimum Gasteiger partial charge on any atom is -0.464 e. The van der Waals surface area contributed by atoms with Gasteiger partial charge in [-0.15, -0.1) is 0 Å². The molecular formula is C14H26O3. The Morgan fingerprint density at radius 3 is 1.71 bits per heavy atom. The van der Waals surface area contributed by atoms with E-state index < -0.39 is 0 Å². The van der Waals surface area contributed by atoms with Crippen LogP contribution in [0.2, 0.25) is 0 Å². The normalized spacial score (nSPS) is 22.9. The second-order valence-electron chi connectivity index (χ2n) is 4.81. The molecule has 1 saturated heterocycles. The van der Waals surface area contributed by atoms with Gasteiger partial charge in [0.05, 0.1) is 6.61 Å². The highest BCUT2D eigenvalue weighted by Gasteiger charge is 2.03. The van der Waals surface area contributed by atoms with Crippen molar-refractivity contribution < 1.29 is 14.3 Å². The van der Waals surface area contributed by atoms with E-state index in [9.17, 15) is 4.79 Å². The molecule has 1 aliphatic rings. The Bertz CT molecular complexity index is 174. The molecule has 17 heavy (non-hydrogen) atoms. The summed E-state index contributed by atoms with van der Waals surface area (Å²) in [6.07, 6.45) is 12.4. The first kappa shape index (κ1) is 14.5. The summed E-state index contributed by atoms with van der Waals surface area (Å²) < 4.78 is 10.4. The van der Waals surface area contributed by atoms with Crippen molar-refractivity contribution in [2.75, 3.05) is 19.8 Å².